The summed E-state index contributed by atoms with van der Waals surface area (Å²) >= 11 is 0. The van der Waals surface area contributed by atoms with Crippen LogP contribution in [0.25, 0.3) is 0 Å². The van der Waals surface area contributed by atoms with Crippen LogP contribution in [-0.2, 0) is 13.1 Å². The van der Waals surface area contributed by atoms with Crippen molar-refractivity contribution in [2.75, 3.05) is 6.61 Å². The number of aliphatic hydroxyl groups is 1. The number of halogens is 1. The van der Waals surface area contributed by atoms with Crippen molar-refractivity contribution in [3.05, 3.63) is 17.0 Å². The molecule has 1 rings (SSSR count). The smallest absolute Gasteiger partial charge is 0.0644 e. The van der Waals surface area contributed by atoms with E-state index < -0.39 is 0 Å². The largest absolute Gasteiger partial charge is 0.394 e. The van der Waals surface area contributed by atoms with Gasteiger partial charge in [0.2, 0.25) is 0 Å². The Hall–Kier alpha value is -0.580. The van der Waals surface area contributed by atoms with E-state index in [0.717, 1.165) is 17.9 Å². The van der Waals surface area contributed by atoms with Crippen LogP contribution < -0.4 is 5.32 Å². The number of nitrogens with one attached hydrogen (secondary N) is 1. The predicted molar refractivity (Wildman–Crippen MR) is 72.6 cm³/mol. The van der Waals surface area contributed by atoms with Crippen molar-refractivity contribution in [2.24, 2.45) is 0 Å². The first-order valence-corrected chi connectivity index (χ1v) is 5.74. The molecule has 5 heteroatoms. The van der Waals surface area contributed by atoms with Crippen LogP contribution in [0.1, 0.15) is 37.7 Å². The van der Waals surface area contributed by atoms with Gasteiger partial charge < -0.3 is 10.4 Å². The SMILES string of the molecule is Cc1nn(CCO)c(C)c1CNC(C)(C)C.Cl. The first kappa shape index (κ1) is 16.4. The standard InChI is InChI=1S/C12H23N3O.ClH/c1-9-11(8-13-12(3,4)5)10(2)15(14-9)6-7-16;/h13,16H,6-8H2,1-5H3;1H. The lowest BCUT2D eigenvalue weighted by Gasteiger charge is -2.20. The zero-order chi connectivity index (χ0) is 12.3. The lowest BCUT2D eigenvalue weighted by Crippen LogP contribution is -2.35. The molecule has 2 N–H and O–H groups in total. The second kappa shape index (κ2) is 6.38. The van der Waals surface area contributed by atoms with Crippen molar-refractivity contribution in [1.82, 2.24) is 15.1 Å². The second-order valence-corrected chi connectivity index (χ2v) is 5.20. The molecule has 4 nitrogen and oxygen atoms in total. The first-order chi connectivity index (χ1) is 7.35. The van der Waals surface area contributed by atoms with Crippen molar-refractivity contribution in [2.45, 2.75) is 53.2 Å². The van der Waals surface area contributed by atoms with E-state index in [9.17, 15) is 0 Å². The molecule has 0 amide bonds. The molecular weight excluding hydrogens is 238 g/mol. The van der Waals surface area contributed by atoms with Crippen molar-refractivity contribution < 1.29 is 5.11 Å². The van der Waals surface area contributed by atoms with E-state index in [2.05, 4.69) is 38.1 Å². The molecule has 1 aromatic heterocycles. The molecular formula is C12H24ClN3O. The maximum absolute atomic E-state index is 8.93. The number of hydrogen-bond donors (Lipinski definition) is 2. The highest BCUT2D eigenvalue weighted by atomic mass is 35.5. The average molecular weight is 262 g/mol. The molecule has 0 unspecified atom stereocenters. The van der Waals surface area contributed by atoms with Gasteiger partial charge in [0.1, 0.15) is 0 Å². The minimum Gasteiger partial charge on any atom is -0.394 e. The molecule has 0 spiro atoms. The second-order valence-electron chi connectivity index (χ2n) is 5.20. The molecule has 0 atom stereocenters. The van der Waals surface area contributed by atoms with Crippen LogP contribution in [0.5, 0.6) is 0 Å². The summed E-state index contributed by atoms with van der Waals surface area (Å²) in [6, 6.07) is 0. The summed E-state index contributed by atoms with van der Waals surface area (Å²) in [5, 5.41) is 16.8. The van der Waals surface area contributed by atoms with Crippen molar-refractivity contribution in [1.29, 1.82) is 0 Å². The number of rotatable bonds is 4. The molecule has 0 saturated carbocycles. The van der Waals surface area contributed by atoms with Crippen LogP contribution in [0.3, 0.4) is 0 Å². The number of aryl methyl sites for hydroxylation is 1. The summed E-state index contributed by atoms with van der Waals surface area (Å²) in [5.74, 6) is 0. The normalized spacial score (nSPS) is 11.4. The van der Waals surface area contributed by atoms with Gasteiger partial charge in [-0.15, -0.1) is 12.4 Å². The van der Waals surface area contributed by atoms with E-state index in [0.29, 0.717) is 6.54 Å². The van der Waals surface area contributed by atoms with Crippen LogP contribution in [0.2, 0.25) is 0 Å². The third-order valence-electron chi connectivity index (χ3n) is 2.64. The minimum absolute atomic E-state index is 0. The van der Waals surface area contributed by atoms with Gasteiger partial charge in [0, 0.05) is 23.3 Å². The quantitative estimate of drug-likeness (QED) is 0.869. The fourth-order valence-corrected chi connectivity index (χ4v) is 1.66. The summed E-state index contributed by atoms with van der Waals surface area (Å²) in [6.07, 6.45) is 0. The topological polar surface area (TPSA) is 50.1 Å². The van der Waals surface area contributed by atoms with Gasteiger partial charge in [-0.3, -0.25) is 4.68 Å². The van der Waals surface area contributed by atoms with Gasteiger partial charge in [-0.2, -0.15) is 5.10 Å². The van der Waals surface area contributed by atoms with Crippen LogP contribution in [0, 0.1) is 13.8 Å². The number of aromatic nitrogens is 2. The Kier molecular flexibility index (Phi) is 6.16. The fourth-order valence-electron chi connectivity index (χ4n) is 1.66. The van der Waals surface area contributed by atoms with E-state index in [1.807, 2.05) is 11.6 Å². The lowest BCUT2D eigenvalue weighted by atomic mass is 10.1. The Bertz CT molecular complexity index is 355. The van der Waals surface area contributed by atoms with E-state index in [1.165, 1.54) is 5.56 Å². The van der Waals surface area contributed by atoms with E-state index in [-0.39, 0.29) is 24.6 Å². The molecule has 0 fully saturated rings. The zero-order valence-corrected chi connectivity index (χ0v) is 12.2. The highest BCUT2D eigenvalue weighted by molar-refractivity contribution is 5.85. The highest BCUT2D eigenvalue weighted by Gasteiger charge is 2.14. The van der Waals surface area contributed by atoms with Crippen molar-refractivity contribution >= 4 is 12.4 Å². The maximum atomic E-state index is 8.93. The zero-order valence-electron chi connectivity index (χ0n) is 11.4. The molecule has 0 bridgehead atoms. The van der Waals surface area contributed by atoms with E-state index in [1.54, 1.807) is 0 Å². The summed E-state index contributed by atoms with van der Waals surface area (Å²) in [5.41, 5.74) is 3.53. The van der Waals surface area contributed by atoms with Gasteiger partial charge in [0.05, 0.1) is 18.8 Å². The molecule has 1 aromatic rings. The molecule has 1 heterocycles. The van der Waals surface area contributed by atoms with Gasteiger partial charge in [0.15, 0.2) is 0 Å². The maximum Gasteiger partial charge on any atom is 0.0644 e. The molecule has 0 aliphatic heterocycles. The molecule has 17 heavy (non-hydrogen) atoms. The van der Waals surface area contributed by atoms with Gasteiger partial charge in [-0.05, 0) is 34.6 Å². The van der Waals surface area contributed by atoms with Gasteiger partial charge in [0.25, 0.3) is 0 Å². The van der Waals surface area contributed by atoms with Crippen LogP contribution >= 0.6 is 12.4 Å². The monoisotopic (exact) mass is 261 g/mol. The highest BCUT2D eigenvalue weighted by Crippen LogP contribution is 2.14. The average Bonchev–Trinajstić information content (AvgIpc) is 2.39. The fraction of sp³-hybridized carbons (Fsp3) is 0.750. The minimum atomic E-state index is 0. The summed E-state index contributed by atoms with van der Waals surface area (Å²) in [4.78, 5) is 0. The summed E-state index contributed by atoms with van der Waals surface area (Å²) in [6.45, 7) is 12.0. The Balaban J connectivity index is 0.00000256. The van der Waals surface area contributed by atoms with E-state index in [4.69, 9.17) is 5.11 Å². The molecule has 0 radical (unpaired) electrons. The third-order valence-corrected chi connectivity index (χ3v) is 2.64. The van der Waals surface area contributed by atoms with Crippen LogP contribution in [0.15, 0.2) is 0 Å². The Morgan fingerprint density at radius 2 is 1.88 bits per heavy atom. The van der Waals surface area contributed by atoms with Gasteiger partial charge >= 0.3 is 0 Å². The third kappa shape index (κ3) is 4.66. The van der Waals surface area contributed by atoms with Crippen molar-refractivity contribution in [3.63, 3.8) is 0 Å². The van der Waals surface area contributed by atoms with Crippen molar-refractivity contribution in [3.8, 4) is 0 Å². The number of aliphatic hydroxyl groups excluding tert-OH is 1. The van der Waals surface area contributed by atoms with Crippen LogP contribution in [0.4, 0.5) is 0 Å². The summed E-state index contributed by atoms with van der Waals surface area (Å²) in [7, 11) is 0. The molecule has 100 valence electrons. The van der Waals surface area contributed by atoms with Crippen LogP contribution in [-0.4, -0.2) is 27.0 Å². The molecule has 0 aliphatic rings. The number of nitrogens with zero attached hydrogens (tertiary/aromatic N) is 2. The van der Waals surface area contributed by atoms with E-state index >= 15 is 0 Å². The molecule has 0 saturated heterocycles. The lowest BCUT2D eigenvalue weighted by molar-refractivity contribution is 0.267. The predicted octanol–water partition coefficient (Wildman–Crippen LogP) is 1.80. The van der Waals surface area contributed by atoms with Gasteiger partial charge in [-0.25, -0.2) is 0 Å². The first-order valence-electron chi connectivity index (χ1n) is 5.74. The molecule has 0 aliphatic carbocycles. The Labute approximate surface area is 110 Å². The Morgan fingerprint density at radius 1 is 1.29 bits per heavy atom. The van der Waals surface area contributed by atoms with Gasteiger partial charge in [-0.1, -0.05) is 0 Å². The molecule has 0 aromatic carbocycles. The Morgan fingerprint density at radius 3 is 2.35 bits per heavy atom. The summed E-state index contributed by atoms with van der Waals surface area (Å²) < 4.78 is 1.87. The number of hydrogen-bond acceptors (Lipinski definition) is 3.